The van der Waals surface area contributed by atoms with Gasteiger partial charge >= 0.3 is 5.97 Å². The van der Waals surface area contributed by atoms with Crippen LogP contribution in [-0.4, -0.2) is 5.97 Å². The van der Waals surface area contributed by atoms with Crippen LogP contribution in [0.15, 0.2) is 54.6 Å². The quantitative estimate of drug-likeness (QED) is 0.461. The van der Waals surface area contributed by atoms with Gasteiger partial charge in [-0.2, -0.15) is 0 Å². The van der Waals surface area contributed by atoms with E-state index in [2.05, 4.69) is 6.58 Å². The van der Waals surface area contributed by atoms with Crippen LogP contribution < -0.4 is 4.74 Å². The number of benzene rings is 2. The minimum absolute atomic E-state index is 0.0953. The van der Waals surface area contributed by atoms with Crippen molar-refractivity contribution in [1.82, 2.24) is 0 Å². The monoisotopic (exact) mass is 240 g/mol. The molecule has 0 aliphatic rings. The third-order valence-corrected chi connectivity index (χ3v) is 2.89. The van der Waals surface area contributed by atoms with Gasteiger partial charge in [-0.05, 0) is 28.8 Å². The van der Waals surface area contributed by atoms with Gasteiger partial charge in [0.15, 0.2) is 0 Å². The fourth-order valence-corrected chi connectivity index (χ4v) is 1.64. The lowest BCUT2D eigenvalue weighted by Gasteiger charge is -2.09. The maximum absolute atomic E-state index is 11.8. The van der Waals surface area contributed by atoms with E-state index in [1.807, 2.05) is 50.2 Å². The number of hydrogen-bond donors (Lipinski definition) is 0. The van der Waals surface area contributed by atoms with E-state index >= 15 is 0 Å². The smallest absolute Gasteiger partial charge is 0.339 e. The molecule has 2 nitrogen and oxygen atoms in total. The van der Waals surface area contributed by atoms with E-state index in [-0.39, 0.29) is 11.9 Å². The molecule has 0 radical (unpaired) electrons. The lowest BCUT2D eigenvalue weighted by atomic mass is 10.1. The van der Waals surface area contributed by atoms with Gasteiger partial charge in [0.05, 0.1) is 0 Å². The normalized spacial score (nSPS) is 10.6. The zero-order valence-electron chi connectivity index (χ0n) is 10.6. The summed E-state index contributed by atoms with van der Waals surface area (Å²) in [7, 11) is 0. The Morgan fingerprint density at radius 3 is 2.44 bits per heavy atom. The molecule has 2 aromatic rings. The summed E-state index contributed by atoms with van der Waals surface area (Å²) in [6.45, 7) is 7.58. The minimum Gasteiger partial charge on any atom is -0.423 e. The molecular weight excluding hydrogens is 224 g/mol. The maximum Gasteiger partial charge on any atom is 0.339 e. The lowest BCUT2D eigenvalue weighted by molar-refractivity contribution is -0.130. The predicted octanol–water partition coefficient (Wildman–Crippen LogP) is 3.96. The molecule has 2 rings (SSSR count). The van der Waals surface area contributed by atoms with E-state index in [9.17, 15) is 4.79 Å². The topological polar surface area (TPSA) is 26.3 Å². The summed E-state index contributed by atoms with van der Waals surface area (Å²) in [5.74, 6) is 0.290. The van der Waals surface area contributed by atoms with Crippen molar-refractivity contribution >= 4 is 16.7 Å². The number of carbonyl (C=O) groups is 1. The van der Waals surface area contributed by atoms with Crippen molar-refractivity contribution in [2.45, 2.75) is 13.8 Å². The first-order valence-electron chi connectivity index (χ1n) is 5.97. The number of rotatable bonds is 3. The number of esters is 1. The Labute approximate surface area is 107 Å². The molecule has 0 atom stereocenters. The number of hydrogen-bond acceptors (Lipinski definition) is 2. The van der Waals surface area contributed by atoms with Gasteiger partial charge in [0.2, 0.25) is 0 Å². The van der Waals surface area contributed by atoms with E-state index in [1.54, 1.807) is 6.07 Å². The van der Waals surface area contributed by atoms with Gasteiger partial charge in [-0.15, -0.1) is 0 Å². The number of fused-ring (bicyclic) bond motifs is 1. The molecule has 0 saturated carbocycles. The van der Waals surface area contributed by atoms with Gasteiger partial charge in [-0.3, -0.25) is 0 Å². The average molecular weight is 240 g/mol. The molecule has 18 heavy (non-hydrogen) atoms. The van der Waals surface area contributed by atoms with Gasteiger partial charge in [0.1, 0.15) is 5.75 Å². The molecule has 0 saturated heterocycles. The van der Waals surface area contributed by atoms with Crippen molar-refractivity contribution in [3.63, 3.8) is 0 Å². The van der Waals surface area contributed by atoms with Gasteiger partial charge in [0.25, 0.3) is 0 Å². The Balaban J connectivity index is 2.22. The second-order valence-corrected chi connectivity index (χ2v) is 4.58. The fraction of sp³-hybridized carbons (Fsp3) is 0.188. The van der Waals surface area contributed by atoms with Crippen molar-refractivity contribution in [2.75, 3.05) is 0 Å². The molecule has 92 valence electrons. The Bertz CT molecular complexity index is 597. The molecular formula is C16H16O2. The Hall–Kier alpha value is -2.09. The van der Waals surface area contributed by atoms with Crippen LogP contribution in [-0.2, 0) is 4.79 Å². The van der Waals surface area contributed by atoms with Crippen LogP contribution in [0.4, 0.5) is 0 Å². The van der Waals surface area contributed by atoms with E-state index < -0.39 is 0 Å². The first-order chi connectivity index (χ1) is 8.58. The first kappa shape index (κ1) is 12.4. The molecule has 0 N–H and O–H groups in total. The van der Waals surface area contributed by atoms with Crippen molar-refractivity contribution in [3.05, 3.63) is 54.6 Å². The summed E-state index contributed by atoms with van der Waals surface area (Å²) in [6.07, 6.45) is 0. The standard InChI is InChI=1S/C16H16O2/c1-11(2)12(3)16(17)18-15-9-8-13-6-4-5-7-14(13)10-15/h4-11H,3H2,1-2H3. The van der Waals surface area contributed by atoms with Crippen LogP contribution in [0.3, 0.4) is 0 Å². The Kier molecular flexibility index (Phi) is 3.47. The number of carbonyl (C=O) groups excluding carboxylic acids is 1. The van der Waals surface area contributed by atoms with Crippen LogP contribution >= 0.6 is 0 Å². The zero-order chi connectivity index (χ0) is 13.1. The molecule has 0 bridgehead atoms. The summed E-state index contributed by atoms with van der Waals surface area (Å²) in [4.78, 5) is 11.8. The van der Waals surface area contributed by atoms with Crippen LogP contribution in [0.5, 0.6) is 5.75 Å². The van der Waals surface area contributed by atoms with E-state index in [4.69, 9.17) is 4.74 Å². The first-order valence-corrected chi connectivity index (χ1v) is 5.97. The molecule has 2 aromatic carbocycles. The van der Waals surface area contributed by atoms with E-state index in [1.165, 1.54) is 0 Å². The highest BCUT2D eigenvalue weighted by atomic mass is 16.5. The van der Waals surface area contributed by atoms with Gasteiger partial charge in [-0.1, -0.05) is 50.8 Å². The van der Waals surface area contributed by atoms with Crippen molar-refractivity contribution in [2.24, 2.45) is 5.92 Å². The highest BCUT2D eigenvalue weighted by Crippen LogP contribution is 2.21. The molecule has 0 unspecified atom stereocenters. The van der Waals surface area contributed by atoms with Crippen molar-refractivity contribution < 1.29 is 9.53 Å². The fourth-order valence-electron chi connectivity index (χ4n) is 1.64. The molecule has 0 aliphatic heterocycles. The molecule has 0 spiro atoms. The summed E-state index contributed by atoms with van der Waals surface area (Å²) >= 11 is 0. The average Bonchev–Trinajstić information content (AvgIpc) is 2.37. The van der Waals surface area contributed by atoms with Crippen molar-refractivity contribution in [3.8, 4) is 5.75 Å². The Morgan fingerprint density at radius 2 is 1.78 bits per heavy atom. The molecule has 0 fully saturated rings. The SMILES string of the molecule is C=C(C(=O)Oc1ccc2ccccc2c1)C(C)C. The third-order valence-electron chi connectivity index (χ3n) is 2.89. The summed E-state index contributed by atoms with van der Waals surface area (Å²) in [5.41, 5.74) is 0.489. The van der Waals surface area contributed by atoms with E-state index in [0.717, 1.165) is 10.8 Å². The summed E-state index contributed by atoms with van der Waals surface area (Å²) in [6, 6.07) is 13.6. The second-order valence-electron chi connectivity index (χ2n) is 4.58. The van der Waals surface area contributed by atoms with Crippen LogP contribution in [0.2, 0.25) is 0 Å². The van der Waals surface area contributed by atoms with Gasteiger partial charge in [0, 0.05) is 5.57 Å². The number of ether oxygens (including phenoxy) is 1. The van der Waals surface area contributed by atoms with Crippen LogP contribution in [0, 0.1) is 5.92 Å². The maximum atomic E-state index is 11.8. The third kappa shape index (κ3) is 2.59. The molecule has 0 aliphatic carbocycles. The molecule has 0 amide bonds. The summed E-state index contributed by atoms with van der Waals surface area (Å²) < 4.78 is 5.31. The Morgan fingerprint density at radius 1 is 1.11 bits per heavy atom. The zero-order valence-corrected chi connectivity index (χ0v) is 10.6. The van der Waals surface area contributed by atoms with Crippen LogP contribution in [0.25, 0.3) is 10.8 Å². The minimum atomic E-state index is -0.361. The highest BCUT2D eigenvalue weighted by Gasteiger charge is 2.13. The second kappa shape index (κ2) is 5.05. The summed E-state index contributed by atoms with van der Waals surface area (Å²) in [5, 5.41) is 2.18. The van der Waals surface area contributed by atoms with Crippen LogP contribution in [0.1, 0.15) is 13.8 Å². The molecule has 2 heteroatoms. The van der Waals surface area contributed by atoms with Gasteiger partial charge < -0.3 is 4.74 Å². The lowest BCUT2D eigenvalue weighted by Crippen LogP contribution is -2.14. The largest absolute Gasteiger partial charge is 0.423 e. The van der Waals surface area contributed by atoms with E-state index in [0.29, 0.717) is 11.3 Å². The highest BCUT2D eigenvalue weighted by molar-refractivity contribution is 5.91. The van der Waals surface area contributed by atoms with Gasteiger partial charge in [-0.25, -0.2) is 4.79 Å². The predicted molar refractivity (Wildman–Crippen MR) is 73.6 cm³/mol. The van der Waals surface area contributed by atoms with Crippen molar-refractivity contribution in [1.29, 1.82) is 0 Å². The molecule has 0 heterocycles. The molecule has 0 aromatic heterocycles.